The second kappa shape index (κ2) is 8.97. The number of rotatable bonds is 6. The maximum atomic E-state index is 11.9. The average Bonchev–Trinajstić information content (AvgIpc) is 2.52. The van der Waals surface area contributed by atoms with Gasteiger partial charge in [-0.05, 0) is 50.3 Å². The first-order valence-corrected chi connectivity index (χ1v) is 7.33. The Labute approximate surface area is 131 Å². The van der Waals surface area contributed by atoms with E-state index in [2.05, 4.69) is 41.5 Å². The minimum absolute atomic E-state index is 0.233. The first kappa shape index (κ1) is 17.0. The van der Waals surface area contributed by atoms with E-state index in [-0.39, 0.29) is 5.91 Å². The molecule has 0 atom stereocenters. The van der Waals surface area contributed by atoms with Gasteiger partial charge in [0.1, 0.15) is 0 Å². The number of anilines is 1. The van der Waals surface area contributed by atoms with Crippen LogP contribution in [0.4, 0.5) is 5.69 Å². The maximum absolute atomic E-state index is 11.9. The van der Waals surface area contributed by atoms with Gasteiger partial charge in [-0.2, -0.15) is 0 Å². The third-order valence-corrected chi connectivity index (χ3v) is 3.20. The monoisotopic (exact) mass is 306 g/mol. The van der Waals surface area contributed by atoms with Crippen molar-refractivity contribution in [2.45, 2.75) is 13.8 Å². The number of hydrazine groups is 1. The summed E-state index contributed by atoms with van der Waals surface area (Å²) in [6.07, 6.45) is 1.68. The van der Waals surface area contributed by atoms with Crippen LogP contribution in [0.5, 0.6) is 0 Å². The lowest BCUT2D eigenvalue weighted by molar-refractivity contribution is 0.0943. The van der Waals surface area contributed by atoms with Gasteiger partial charge in [0.2, 0.25) is 0 Å². The molecule has 0 aliphatic rings. The van der Waals surface area contributed by atoms with Gasteiger partial charge in [0, 0.05) is 30.9 Å². The molecule has 0 fully saturated rings. The normalized spacial score (nSPS) is 9.62. The molecule has 0 aliphatic heterocycles. The molecule has 21 heavy (non-hydrogen) atoms. The van der Waals surface area contributed by atoms with Gasteiger partial charge in [-0.25, -0.2) is 0 Å². The van der Waals surface area contributed by atoms with Crippen molar-refractivity contribution in [1.82, 2.24) is 16.2 Å². The molecule has 0 saturated carbocycles. The molecule has 1 aromatic rings. The summed E-state index contributed by atoms with van der Waals surface area (Å²) in [6, 6.07) is 7.47. The first-order chi connectivity index (χ1) is 10.1. The molecule has 1 rings (SSSR count). The minimum atomic E-state index is -0.233. The van der Waals surface area contributed by atoms with Crippen LogP contribution in [0.1, 0.15) is 24.2 Å². The minimum Gasteiger partial charge on any atom is -0.372 e. The SMILES string of the molecule is C=CCNC(=S)NNC(=O)c1ccc(N(CC)CC)cc1. The van der Waals surface area contributed by atoms with E-state index in [0.717, 1.165) is 18.8 Å². The van der Waals surface area contributed by atoms with E-state index in [9.17, 15) is 4.79 Å². The van der Waals surface area contributed by atoms with Gasteiger partial charge in [-0.15, -0.1) is 6.58 Å². The van der Waals surface area contributed by atoms with Crippen molar-refractivity contribution >= 4 is 28.9 Å². The molecule has 6 heteroatoms. The summed E-state index contributed by atoms with van der Waals surface area (Å²) in [4.78, 5) is 14.2. The Bertz CT molecular complexity index is 483. The molecule has 0 spiro atoms. The number of hydrogen-bond acceptors (Lipinski definition) is 3. The molecule has 1 amide bonds. The zero-order chi connectivity index (χ0) is 15.7. The molecule has 0 heterocycles. The third kappa shape index (κ3) is 5.43. The summed E-state index contributed by atoms with van der Waals surface area (Å²) in [5.74, 6) is -0.233. The fourth-order valence-corrected chi connectivity index (χ4v) is 1.94. The highest BCUT2D eigenvalue weighted by Crippen LogP contribution is 2.14. The molecule has 5 nitrogen and oxygen atoms in total. The molecule has 0 unspecified atom stereocenters. The van der Waals surface area contributed by atoms with E-state index >= 15 is 0 Å². The molecular formula is C15H22N4OS. The second-order valence-corrected chi connectivity index (χ2v) is 4.71. The predicted octanol–water partition coefficient (Wildman–Crippen LogP) is 1.83. The van der Waals surface area contributed by atoms with Crippen molar-refractivity contribution in [2.75, 3.05) is 24.5 Å². The Kier molecular flexibility index (Phi) is 7.25. The highest BCUT2D eigenvalue weighted by atomic mass is 32.1. The van der Waals surface area contributed by atoms with Crippen LogP contribution >= 0.6 is 12.2 Å². The number of thiocarbonyl (C=S) groups is 1. The fourth-order valence-electron chi connectivity index (χ4n) is 1.81. The van der Waals surface area contributed by atoms with Crippen LogP contribution in [-0.2, 0) is 0 Å². The number of carbonyl (C=O) groups is 1. The highest BCUT2D eigenvalue weighted by molar-refractivity contribution is 7.80. The number of nitrogens with one attached hydrogen (secondary N) is 3. The van der Waals surface area contributed by atoms with Gasteiger partial charge in [0.15, 0.2) is 5.11 Å². The summed E-state index contributed by atoms with van der Waals surface area (Å²) >= 11 is 4.98. The van der Waals surface area contributed by atoms with Crippen LogP contribution in [0.2, 0.25) is 0 Å². The Balaban J connectivity index is 2.55. The van der Waals surface area contributed by atoms with Crippen LogP contribution in [0, 0.1) is 0 Å². The molecule has 3 N–H and O–H groups in total. The summed E-state index contributed by atoms with van der Waals surface area (Å²) in [5.41, 5.74) is 6.86. The standard InChI is InChI=1S/C15H22N4OS/c1-4-11-16-15(21)18-17-14(20)12-7-9-13(10-8-12)19(5-2)6-3/h4,7-10H,1,5-6,11H2,2-3H3,(H,17,20)(H2,16,18,21). The van der Waals surface area contributed by atoms with E-state index in [1.807, 2.05) is 12.1 Å². The zero-order valence-electron chi connectivity index (χ0n) is 12.5. The van der Waals surface area contributed by atoms with Gasteiger partial charge in [0.25, 0.3) is 5.91 Å². The van der Waals surface area contributed by atoms with Crippen LogP contribution in [0.15, 0.2) is 36.9 Å². The topological polar surface area (TPSA) is 56.4 Å². The summed E-state index contributed by atoms with van der Waals surface area (Å²) in [7, 11) is 0. The Morgan fingerprint density at radius 1 is 1.24 bits per heavy atom. The summed E-state index contributed by atoms with van der Waals surface area (Å²) in [6.45, 7) is 10.2. The zero-order valence-corrected chi connectivity index (χ0v) is 13.3. The van der Waals surface area contributed by atoms with E-state index in [1.54, 1.807) is 18.2 Å². The lowest BCUT2D eigenvalue weighted by atomic mass is 10.2. The van der Waals surface area contributed by atoms with Crippen molar-refractivity contribution in [1.29, 1.82) is 0 Å². The van der Waals surface area contributed by atoms with Crippen molar-refractivity contribution in [2.24, 2.45) is 0 Å². The van der Waals surface area contributed by atoms with Crippen molar-refractivity contribution < 1.29 is 4.79 Å². The van der Waals surface area contributed by atoms with E-state index < -0.39 is 0 Å². The Hall–Kier alpha value is -2.08. The number of amides is 1. The second-order valence-electron chi connectivity index (χ2n) is 4.30. The molecule has 0 bridgehead atoms. The quantitative estimate of drug-likeness (QED) is 0.425. The smallest absolute Gasteiger partial charge is 0.269 e. The van der Waals surface area contributed by atoms with Crippen LogP contribution in [0.3, 0.4) is 0 Å². The van der Waals surface area contributed by atoms with Crippen LogP contribution in [0.25, 0.3) is 0 Å². The lowest BCUT2D eigenvalue weighted by Gasteiger charge is -2.21. The Morgan fingerprint density at radius 3 is 2.38 bits per heavy atom. The summed E-state index contributed by atoms with van der Waals surface area (Å²) < 4.78 is 0. The van der Waals surface area contributed by atoms with Gasteiger partial charge < -0.3 is 10.2 Å². The third-order valence-electron chi connectivity index (χ3n) is 2.95. The molecule has 0 radical (unpaired) electrons. The Morgan fingerprint density at radius 2 is 1.86 bits per heavy atom. The number of carbonyl (C=O) groups excluding carboxylic acids is 1. The number of hydrogen-bond donors (Lipinski definition) is 3. The fraction of sp³-hybridized carbons (Fsp3) is 0.333. The molecule has 0 aliphatic carbocycles. The van der Waals surface area contributed by atoms with Crippen molar-refractivity contribution in [3.63, 3.8) is 0 Å². The van der Waals surface area contributed by atoms with Crippen molar-refractivity contribution in [3.05, 3.63) is 42.5 Å². The highest BCUT2D eigenvalue weighted by Gasteiger charge is 2.07. The van der Waals surface area contributed by atoms with Crippen LogP contribution < -0.4 is 21.1 Å². The number of nitrogens with zero attached hydrogens (tertiary/aromatic N) is 1. The molecule has 114 valence electrons. The average molecular weight is 306 g/mol. The van der Waals surface area contributed by atoms with E-state index in [0.29, 0.717) is 17.2 Å². The van der Waals surface area contributed by atoms with E-state index in [4.69, 9.17) is 12.2 Å². The van der Waals surface area contributed by atoms with Crippen molar-refractivity contribution in [3.8, 4) is 0 Å². The largest absolute Gasteiger partial charge is 0.372 e. The van der Waals surface area contributed by atoms with Gasteiger partial charge in [0.05, 0.1) is 0 Å². The first-order valence-electron chi connectivity index (χ1n) is 6.92. The van der Waals surface area contributed by atoms with Gasteiger partial charge in [-0.3, -0.25) is 15.6 Å². The number of benzene rings is 1. The summed E-state index contributed by atoms with van der Waals surface area (Å²) in [5, 5.41) is 3.21. The molecule has 0 aromatic heterocycles. The predicted molar refractivity (Wildman–Crippen MR) is 91.4 cm³/mol. The molecule has 0 saturated heterocycles. The lowest BCUT2D eigenvalue weighted by Crippen LogP contribution is -2.46. The maximum Gasteiger partial charge on any atom is 0.269 e. The van der Waals surface area contributed by atoms with Crippen LogP contribution in [-0.4, -0.2) is 30.7 Å². The van der Waals surface area contributed by atoms with Gasteiger partial charge >= 0.3 is 0 Å². The van der Waals surface area contributed by atoms with Gasteiger partial charge in [-0.1, -0.05) is 6.08 Å². The molecule has 1 aromatic carbocycles. The molecular weight excluding hydrogens is 284 g/mol. The van der Waals surface area contributed by atoms with E-state index in [1.165, 1.54) is 0 Å².